The van der Waals surface area contributed by atoms with Gasteiger partial charge in [0.15, 0.2) is 5.96 Å². The highest BCUT2D eigenvalue weighted by Gasteiger charge is 2.15. The lowest BCUT2D eigenvalue weighted by Gasteiger charge is -2.21. The molecule has 108 valence electrons. The highest BCUT2D eigenvalue weighted by molar-refractivity contribution is 14.0. The number of nitrogens with one attached hydrogen (secondary N) is 2. The average molecular weight is 369 g/mol. The first kappa shape index (κ1) is 18.0. The van der Waals surface area contributed by atoms with Crippen LogP contribution in [0.3, 0.4) is 0 Å². The van der Waals surface area contributed by atoms with Gasteiger partial charge < -0.3 is 15.4 Å². The van der Waals surface area contributed by atoms with E-state index in [0.29, 0.717) is 18.1 Å². The summed E-state index contributed by atoms with van der Waals surface area (Å²) < 4.78 is 5.59. The topological polar surface area (TPSA) is 45.7 Å². The molecule has 2 N–H and O–H groups in total. The molecule has 0 spiro atoms. The SMILES string of the molecule is CN=C(NCCC1CCCO1)NC(C)C(C)C.I. The number of guanidine groups is 1. The van der Waals surface area contributed by atoms with E-state index in [0.717, 1.165) is 25.5 Å². The maximum Gasteiger partial charge on any atom is 0.191 e. The molecule has 0 saturated carbocycles. The predicted molar refractivity (Wildman–Crippen MR) is 87.8 cm³/mol. The molecule has 1 aliphatic heterocycles. The van der Waals surface area contributed by atoms with Gasteiger partial charge in [-0.05, 0) is 32.1 Å². The molecule has 0 aromatic heterocycles. The normalized spacial score (nSPS) is 21.6. The van der Waals surface area contributed by atoms with Crippen LogP contribution < -0.4 is 10.6 Å². The van der Waals surface area contributed by atoms with Crippen LogP contribution in [0.25, 0.3) is 0 Å². The maximum absolute atomic E-state index is 5.59. The first-order valence-electron chi connectivity index (χ1n) is 6.72. The van der Waals surface area contributed by atoms with Crippen molar-refractivity contribution < 1.29 is 4.74 Å². The van der Waals surface area contributed by atoms with E-state index in [9.17, 15) is 0 Å². The van der Waals surface area contributed by atoms with Gasteiger partial charge in [0.05, 0.1) is 6.10 Å². The fourth-order valence-corrected chi connectivity index (χ4v) is 1.80. The Kier molecular flexibility index (Phi) is 9.81. The molecule has 2 unspecified atom stereocenters. The van der Waals surface area contributed by atoms with Gasteiger partial charge in [-0.3, -0.25) is 4.99 Å². The molecular formula is C13H28IN3O. The van der Waals surface area contributed by atoms with Crippen molar-refractivity contribution in [2.24, 2.45) is 10.9 Å². The molecule has 0 aromatic rings. The van der Waals surface area contributed by atoms with Crippen LogP contribution in [-0.2, 0) is 4.74 Å². The van der Waals surface area contributed by atoms with Crippen molar-refractivity contribution in [1.82, 2.24) is 10.6 Å². The Labute approximate surface area is 128 Å². The summed E-state index contributed by atoms with van der Waals surface area (Å²) in [5.41, 5.74) is 0. The summed E-state index contributed by atoms with van der Waals surface area (Å²) in [6, 6.07) is 0.434. The molecule has 18 heavy (non-hydrogen) atoms. The molecular weight excluding hydrogens is 341 g/mol. The van der Waals surface area contributed by atoms with E-state index >= 15 is 0 Å². The minimum absolute atomic E-state index is 0. The van der Waals surface area contributed by atoms with Crippen LogP contribution in [0.5, 0.6) is 0 Å². The third-order valence-electron chi connectivity index (χ3n) is 3.37. The fourth-order valence-electron chi connectivity index (χ4n) is 1.80. The van der Waals surface area contributed by atoms with Gasteiger partial charge in [0.2, 0.25) is 0 Å². The van der Waals surface area contributed by atoms with Crippen molar-refractivity contribution in [3.8, 4) is 0 Å². The van der Waals surface area contributed by atoms with Crippen LogP contribution in [0.4, 0.5) is 0 Å². The molecule has 1 heterocycles. The number of hydrogen-bond acceptors (Lipinski definition) is 2. The lowest BCUT2D eigenvalue weighted by Crippen LogP contribution is -2.44. The Bertz CT molecular complexity index is 240. The summed E-state index contributed by atoms with van der Waals surface area (Å²) in [6.07, 6.45) is 3.93. The summed E-state index contributed by atoms with van der Waals surface area (Å²) in [6.45, 7) is 8.45. The molecule has 1 aliphatic rings. The average Bonchev–Trinajstić information content (AvgIpc) is 2.80. The predicted octanol–water partition coefficient (Wildman–Crippen LogP) is 2.38. The Morgan fingerprint density at radius 3 is 2.61 bits per heavy atom. The van der Waals surface area contributed by atoms with Gasteiger partial charge >= 0.3 is 0 Å². The Morgan fingerprint density at radius 1 is 1.39 bits per heavy atom. The van der Waals surface area contributed by atoms with Gasteiger partial charge in [0, 0.05) is 26.2 Å². The largest absolute Gasteiger partial charge is 0.378 e. The number of aliphatic imine (C=N–C) groups is 1. The van der Waals surface area contributed by atoms with Crippen molar-refractivity contribution in [3.05, 3.63) is 0 Å². The van der Waals surface area contributed by atoms with E-state index in [1.165, 1.54) is 12.8 Å². The summed E-state index contributed by atoms with van der Waals surface area (Å²) in [5.74, 6) is 1.50. The van der Waals surface area contributed by atoms with Crippen LogP contribution in [0.15, 0.2) is 4.99 Å². The molecule has 4 nitrogen and oxygen atoms in total. The quantitative estimate of drug-likeness (QED) is 0.444. The van der Waals surface area contributed by atoms with Gasteiger partial charge in [-0.2, -0.15) is 0 Å². The molecule has 1 rings (SSSR count). The van der Waals surface area contributed by atoms with Crippen molar-refractivity contribution in [3.63, 3.8) is 0 Å². The summed E-state index contributed by atoms with van der Waals surface area (Å²) in [7, 11) is 1.81. The number of ether oxygens (including phenoxy) is 1. The maximum atomic E-state index is 5.59. The van der Waals surface area contributed by atoms with Crippen molar-refractivity contribution >= 4 is 29.9 Å². The van der Waals surface area contributed by atoms with Crippen LogP contribution in [0, 0.1) is 5.92 Å². The summed E-state index contributed by atoms with van der Waals surface area (Å²) in [4.78, 5) is 4.23. The zero-order chi connectivity index (χ0) is 12.7. The second-order valence-corrected chi connectivity index (χ2v) is 5.10. The number of rotatable bonds is 5. The summed E-state index contributed by atoms with van der Waals surface area (Å²) in [5, 5.41) is 6.73. The van der Waals surface area contributed by atoms with Crippen molar-refractivity contribution in [2.45, 2.75) is 52.2 Å². The van der Waals surface area contributed by atoms with E-state index in [1.54, 1.807) is 0 Å². The van der Waals surface area contributed by atoms with E-state index in [-0.39, 0.29) is 24.0 Å². The third-order valence-corrected chi connectivity index (χ3v) is 3.37. The van der Waals surface area contributed by atoms with Crippen molar-refractivity contribution in [1.29, 1.82) is 0 Å². The number of nitrogens with zero attached hydrogens (tertiary/aromatic N) is 1. The molecule has 1 fully saturated rings. The summed E-state index contributed by atoms with van der Waals surface area (Å²) >= 11 is 0. The molecule has 0 aliphatic carbocycles. The van der Waals surface area contributed by atoms with Gasteiger partial charge in [-0.15, -0.1) is 24.0 Å². The molecule has 1 saturated heterocycles. The van der Waals surface area contributed by atoms with E-state index in [2.05, 4.69) is 36.4 Å². The first-order chi connectivity index (χ1) is 8.13. The van der Waals surface area contributed by atoms with Crippen LogP contribution >= 0.6 is 24.0 Å². The zero-order valence-corrected chi connectivity index (χ0v) is 14.4. The smallest absolute Gasteiger partial charge is 0.191 e. The van der Waals surface area contributed by atoms with E-state index in [4.69, 9.17) is 4.74 Å². The van der Waals surface area contributed by atoms with Gasteiger partial charge in [0.1, 0.15) is 0 Å². The second-order valence-electron chi connectivity index (χ2n) is 5.10. The molecule has 0 aromatic carbocycles. The standard InChI is InChI=1S/C13H27N3O.HI/c1-10(2)11(3)16-13(14-4)15-8-7-12-6-5-9-17-12;/h10-12H,5-9H2,1-4H3,(H2,14,15,16);1H. The van der Waals surface area contributed by atoms with Crippen molar-refractivity contribution in [2.75, 3.05) is 20.2 Å². The highest BCUT2D eigenvalue weighted by Crippen LogP contribution is 2.14. The Morgan fingerprint density at radius 2 is 2.11 bits per heavy atom. The molecule has 2 atom stereocenters. The Balaban J connectivity index is 0.00000289. The third kappa shape index (κ3) is 6.78. The Hall–Kier alpha value is -0.0400. The van der Waals surface area contributed by atoms with Crippen LogP contribution in [-0.4, -0.2) is 38.3 Å². The van der Waals surface area contributed by atoms with Gasteiger partial charge in [0.25, 0.3) is 0 Å². The number of hydrogen-bond donors (Lipinski definition) is 2. The minimum atomic E-state index is 0. The zero-order valence-electron chi connectivity index (χ0n) is 12.0. The minimum Gasteiger partial charge on any atom is -0.378 e. The fraction of sp³-hybridized carbons (Fsp3) is 0.923. The lowest BCUT2D eigenvalue weighted by atomic mass is 10.1. The molecule has 0 amide bonds. The molecule has 0 radical (unpaired) electrons. The highest BCUT2D eigenvalue weighted by atomic mass is 127. The lowest BCUT2D eigenvalue weighted by molar-refractivity contribution is 0.105. The monoisotopic (exact) mass is 369 g/mol. The van der Waals surface area contributed by atoms with E-state index < -0.39 is 0 Å². The number of halogens is 1. The van der Waals surface area contributed by atoms with Crippen LogP contribution in [0.2, 0.25) is 0 Å². The van der Waals surface area contributed by atoms with Gasteiger partial charge in [-0.25, -0.2) is 0 Å². The van der Waals surface area contributed by atoms with Crippen LogP contribution in [0.1, 0.15) is 40.0 Å². The molecule has 0 bridgehead atoms. The second kappa shape index (κ2) is 9.83. The molecule has 5 heteroatoms. The van der Waals surface area contributed by atoms with Gasteiger partial charge in [-0.1, -0.05) is 13.8 Å². The van der Waals surface area contributed by atoms with E-state index in [1.807, 2.05) is 7.05 Å². The first-order valence-corrected chi connectivity index (χ1v) is 6.72.